The van der Waals surface area contributed by atoms with Crippen LogP contribution in [0.1, 0.15) is 40.0 Å². The second-order valence-electron chi connectivity index (χ2n) is 4.38. The molecule has 0 fully saturated rings. The van der Waals surface area contributed by atoms with Gasteiger partial charge in [-0.15, -0.1) is 0 Å². The predicted octanol–water partition coefficient (Wildman–Crippen LogP) is 1.34. The van der Waals surface area contributed by atoms with E-state index >= 15 is 0 Å². The zero-order valence-electron chi connectivity index (χ0n) is 11.6. The van der Waals surface area contributed by atoms with Gasteiger partial charge in [0.05, 0.1) is 13.2 Å². The summed E-state index contributed by atoms with van der Waals surface area (Å²) in [5.74, 6) is 0.190. The number of hydrogen-bond acceptors (Lipinski definition) is 3. The van der Waals surface area contributed by atoms with Crippen LogP contribution in [0.15, 0.2) is 0 Å². The summed E-state index contributed by atoms with van der Waals surface area (Å²) in [5.41, 5.74) is 0. The summed E-state index contributed by atoms with van der Waals surface area (Å²) in [6.45, 7) is 9.97. The summed E-state index contributed by atoms with van der Waals surface area (Å²) < 4.78 is 0. The Bertz CT molecular complexity index is 186. The fourth-order valence-corrected chi connectivity index (χ4v) is 1.92. The van der Waals surface area contributed by atoms with Crippen molar-refractivity contribution in [2.24, 2.45) is 0 Å². The molecule has 4 heteroatoms. The minimum absolute atomic E-state index is 0.120. The standard InChI is InChI=1S/C13H28N2O2/c1-4-7-14(10-11-16)12-13(17)15(8-5-2)9-6-3/h16H,4-12H2,1-3H3. The van der Waals surface area contributed by atoms with Crippen LogP contribution >= 0.6 is 0 Å². The molecule has 0 aromatic carbocycles. The summed E-state index contributed by atoms with van der Waals surface area (Å²) in [7, 11) is 0. The van der Waals surface area contributed by atoms with Crippen molar-refractivity contribution in [3.8, 4) is 0 Å². The molecule has 0 aromatic rings. The van der Waals surface area contributed by atoms with E-state index in [0.29, 0.717) is 13.1 Å². The first kappa shape index (κ1) is 16.4. The van der Waals surface area contributed by atoms with Crippen LogP contribution in [-0.2, 0) is 4.79 Å². The van der Waals surface area contributed by atoms with Crippen LogP contribution in [0.3, 0.4) is 0 Å². The lowest BCUT2D eigenvalue weighted by Crippen LogP contribution is -2.42. The van der Waals surface area contributed by atoms with Gasteiger partial charge in [0.25, 0.3) is 0 Å². The van der Waals surface area contributed by atoms with Gasteiger partial charge >= 0.3 is 0 Å². The van der Waals surface area contributed by atoms with E-state index < -0.39 is 0 Å². The smallest absolute Gasteiger partial charge is 0.236 e. The third kappa shape index (κ3) is 7.34. The lowest BCUT2D eigenvalue weighted by atomic mass is 10.3. The molecule has 4 nitrogen and oxygen atoms in total. The minimum atomic E-state index is 0.120. The van der Waals surface area contributed by atoms with Crippen LogP contribution in [0, 0.1) is 0 Å². The van der Waals surface area contributed by atoms with Gasteiger partial charge in [-0.25, -0.2) is 0 Å². The summed E-state index contributed by atoms with van der Waals surface area (Å²) in [6.07, 6.45) is 3.01. The van der Waals surface area contributed by atoms with E-state index in [4.69, 9.17) is 5.11 Å². The number of carbonyl (C=O) groups is 1. The van der Waals surface area contributed by atoms with Crippen molar-refractivity contribution in [3.05, 3.63) is 0 Å². The molecule has 1 N–H and O–H groups in total. The van der Waals surface area contributed by atoms with E-state index in [1.54, 1.807) is 0 Å². The van der Waals surface area contributed by atoms with Gasteiger partial charge in [-0.05, 0) is 25.8 Å². The lowest BCUT2D eigenvalue weighted by molar-refractivity contribution is -0.132. The monoisotopic (exact) mass is 244 g/mol. The fraction of sp³-hybridized carbons (Fsp3) is 0.923. The highest BCUT2D eigenvalue weighted by Crippen LogP contribution is 1.99. The highest BCUT2D eigenvalue weighted by Gasteiger charge is 2.15. The molecule has 1 amide bonds. The van der Waals surface area contributed by atoms with Crippen molar-refractivity contribution in [3.63, 3.8) is 0 Å². The second kappa shape index (κ2) is 10.5. The molecule has 0 unspecified atom stereocenters. The molecule has 17 heavy (non-hydrogen) atoms. The number of hydrogen-bond donors (Lipinski definition) is 1. The van der Waals surface area contributed by atoms with Crippen LogP contribution in [0.25, 0.3) is 0 Å². The zero-order chi connectivity index (χ0) is 13.1. The Balaban J connectivity index is 4.22. The molecule has 0 bridgehead atoms. The van der Waals surface area contributed by atoms with Gasteiger partial charge in [-0.1, -0.05) is 20.8 Å². The van der Waals surface area contributed by atoms with E-state index in [2.05, 4.69) is 20.8 Å². The van der Waals surface area contributed by atoms with Crippen molar-refractivity contribution < 1.29 is 9.90 Å². The number of aliphatic hydroxyl groups is 1. The molecule has 0 radical (unpaired) electrons. The normalized spacial score (nSPS) is 10.9. The molecule has 0 atom stereocenters. The van der Waals surface area contributed by atoms with E-state index in [-0.39, 0.29) is 12.5 Å². The van der Waals surface area contributed by atoms with Crippen molar-refractivity contribution >= 4 is 5.91 Å². The molecular formula is C13H28N2O2. The van der Waals surface area contributed by atoms with Crippen LogP contribution in [-0.4, -0.2) is 60.1 Å². The quantitative estimate of drug-likeness (QED) is 0.630. The number of nitrogens with zero attached hydrogens (tertiary/aromatic N) is 2. The molecule has 0 heterocycles. The number of carbonyl (C=O) groups excluding carboxylic acids is 1. The predicted molar refractivity (Wildman–Crippen MR) is 71.0 cm³/mol. The van der Waals surface area contributed by atoms with E-state index in [0.717, 1.165) is 38.9 Å². The Hall–Kier alpha value is -0.610. The van der Waals surface area contributed by atoms with Gasteiger partial charge in [-0.3, -0.25) is 9.69 Å². The average molecular weight is 244 g/mol. The third-order valence-electron chi connectivity index (χ3n) is 2.65. The molecule has 0 saturated heterocycles. The Kier molecular flexibility index (Phi) is 10.2. The largest absolute Gasteiger partial charge is 0.395 e. The van der Waals surface area contributed by atoms with Gasteiger partial charge in [0.15, 0.2) is 0 Å². The molecule has 0 spiro atoms. The van der Waals surface area contributed by atoms with Gasteiger partial charge in [0.1, 0.15) is 0 Å². The number of rotatable bonds is 10. The van der Waals surface area contributed by atoms with Gasteiger partial charge < -0.3 is 10.0 Å². The summed E-state index contributed by atoms with van der Waals surface area (Å²) >= 11 is 0. The number of amides is 1. The maximum absolute atomic E-state index is 12.1. The van der Waals surface area contributed by atoms with Crippen LogP contribution in [0.5, 0.6) is 0 Å². The summed E-state index contributed by atoms with van der Waals surface area (Å²) in [5, 5.41) is 8.95. The second-order valence-corrected chi connectivity index (χ2v) is 4.38. The molecule has 0 aliphatic rings. The SMILES string of the molecule is CCCN(CCO)CC(=O)N(CCC)CCC. The van der Waals surface area contributed by atoms with Crippen molar-refractivity contribution in [1.29, 1.82) is 0 Å². The van der Waals surface area contributed by atoms with Gasteiger partial charge in [-0.2, -0.15) is 0 Å². The topological polar surface area (TPSA) is 43.8 Å². The van der Waals surface area contributed by atoms with E-state index in [1.165, 1.54) is 0 Å². The zero-order valence-corrected chi connectivity index (χ0v) is 11.6. The molecule has 0 aliphatic heterocycles. The molecule has 0 saturated carbocycles. The first-order valence-corrected chi connectivity index (χ1v) is 6.80. The first-order valence-electron chi connectivity index (χ1n) is 6.80. The van der Waals surface area contributed by atoms with Gasteiger partial charge in [0, 0.05) is 19.6 Å². The highest BCUT2D eigenvalue weighted by atomic mass is 16.3. The Morgan fingerprint density at radius 2 is 1.47 bits per heavy atom. The Labute approximate surface area is 106 Å². The minimum Gasteiger partial charge on any atom is -0.395 e. The number of aliphatic hydroxyl groups excluding tert-OH is 1. The molecule has 0 rings (SSSR count). The van der Waals surface area contributed by atoms with Crippen LogP contribution in [0.4, 0.5) is 0 Å². The van der Waals surface area contributed by atoms with E-state index in [1.807, 2.05) is 9.80 Å². The maximum atomic E-state index is 12.1. The molecule has 0 aliphatic carbocycles. The van der Waals surface area contributed by atoms with Gasteiger partial charge in [0.2, 0.25) is 5.91 Å². The summed E-state index contributed by atoms with van der Waals surface area (Å²) in [6, 6.07) is 0. The summed E-state index contributed by atoms with van der Waals surface area (Å²) in [4.78, 5) is 16.0. The maximum Gasteiger partial charge on any atom is 0.236 e. The molecular weight excluding hydrogens is 216 g/mol. The lowest BCUT2D eigenvalue weighted by Gasteiger charge is -2.26. The van der Waals surface area contributed by atoms with E-state index in [9.17, 15) is 4.79 Å². The molecule has 0 aromatic heterocycles. The molecule has 102 valence electrons. The average Bonchev–Trinajstić information content (AvgIpc) is 2.29. The van der Waals surface area contributed by atoms with Crippen LogP contribution < -0.4 is 0 Å². The Morgan fingerprint density at radius 3 is 1.88 bits per heavy atom. The van der Waals surface area contributed by atoms with Crippen molar-refractivity contribution in [2.45, 2.75) is 40.0 Å². The van der Waals surface area contributed by atoms with Crippen LogP contribution in [0.2, 0.25) is 0 Å². The third-order valence-corrected chi connectivity index (χ3v) is 2.65. The fourth-order valence-electron chi connectivity index (χ4n) is 1.92. The first-order chi connectivity index (χ1) is 8.19. The van der Waals surface area contributed by atoms with Crippen molar-refractivity contribution in [1.82, 2.24) is 9.80 Å². The van der Waals surface area contributed by atoms with Crippen molar-refractivity contribution in [2.75, 3.05) is 39.3 Å². The highest BCUT2D eigenvalue weighted by molar-refractivity contribution is 5.78. The Morgan fingerprint density at radius 1 is 0.941 bits per heavy atom.